The van der Waals surface area contributed by atoms with E-state index in [1.54, 1.807) is 12.4 Å². The Morgan fingerprint density at radius 3 is 2.81 bits per heavy atom. The van der Waals surface area contributed by atoms with E-state index in [0.29, 0.717) is 11.7 Å². The number of nitrogens with zero attached hydrogens (tertiary/aromatic N) is 3. The molecule has 0 saturated carbocycles. The number of benzene rings is 1. The lowest BCUT2D eigenvalue weighted by Gasteiger charge is -2.11. The minimum absolute atomic E-state index is 0.101. The van der Waals surface area contributed by atoms with E-state index in [1.807, 2.05) is 55.9 Å². The van der Waals surface area contributed by atoms with Gasteiger partial charge in [0, 0.05) is 29.9 Å². The molecule has 0 spiro atoms. The van der Waals surface area contributed by atoms with Gasteiger partial charge < -0.3 is 15.0 Å². The summed E-state index contributed by atoms with van der Waals surface area (Å²) in [5.41, 5.74) is 2.71. The van der Waals surface area contributed by atoms with Gasteiger partial charge in [0.1, 0.15) is 12.4 Å². The maximum atomic E-state index is 12.3. The molecule has 0 bridgehead atoms. The highest BCUT2D eigenvalue weighted by Crippen LogP contribution is 2.24. The van der Waals surface area contributed by atoms with E-state index in [-0.39, 0.29) is 12.3 Å². The van der Waals surface area contributed by atoms with E-state index in [1.165, 1.54) is 11.3 Å². The number of hydrogen-bond donors (Lipinski definition) is 1. The van der Waals surface area contributed by atoms with Gasteiger partial charge in [-0.2, -0.15) is 0 Å². The van der Waals surface area contributed by atoms with Gasteiger partial charge in [-0.25, -0.2) is 4.98 Å². The van der Waals surface area contributed by atoms with Crippen molar-refractivity contribution in [3.05, 3.63) is 59.7 Å². The molecule has 0 aliphatic heterocycles. The van der Waals surface area contributed by atoms with Crippen molar-refractivity contribution in [2.45, 2.75) is 6.42 Å². The molecule has 0 aliphatic rings. The fourth-order valence-electron chi connectivity index (χ4n) is 2.43. The van der Waals surface area contributed by atoms with Crippen LogP contribution >= 0.6 is 11.3 Å². The summed E-state index contributed by atoms with van der Waals surface area (Å²) in [4.78, 5) is 22.9. The Balaban J connectivity index is 1.56. The number of carbonyl (C=O) groups is 1. The number of nitrogens with one attached hydrogen (secondary N) is 1. The Labute approximate surface area is 162 Å². The highest BCUT2D eigenvalue weighted by atomic mass is 32.1. The molecule has 1 aromatic carbocycles. The maximum Gasteiger partial charge on any atom is 0.230 e. The molecular formula is C20H22N4O2S. The fraction of sp³-hybridized carbons (Fsp3) is 0.250. The zero-order chi connectivity index (χ0) is 19.1. The first kappa shape index (κ1) is 19.0. The van der Waals surface area contributed by atoms with Crippen molar-refractivity contribution >= 4 is 22.4 Å². The number of carbonyl (C=O) groups excluding carboxylic acids is 1. The molecule has 0 saturated heterocycles. The van der Waals surface area contributed by atoms with E-state index in [4.69, 9.17) is 4.74 Å². The molecule has 1 N–H and O–H groups in total. The van der Waals surface area contributed by atoms with Gasteiger partial charge in [0.05, 0.1) is 12.1 Å². The zero-order valence-corrected chi connectivity index (χ0v) is 16.2. The molecule has 1 amide bonds. The molecule has 0 radical (unpaired) electrons. The molecular weight excluding hydrogens is 360 g/mol. The summed E-state index contributed by atoms with van der Waals surface area (Å²) < 4.78 is 5.72. The number of amides is 1. The number of anilines is 1. The third-order valence-corrected chi connectivity index (χ3v) is 4.55. The van der Waals surface area contributed by atoms with Gasteiger partial charge in [0.15, 0.2) is 5.13 Å². The van der Waals surface area contributed by atoms with Crippen molar-refractivity contribution in [2.24, 2.45) is 0 Å². The molecule has 0 atom stereocenters. The molecule has 6 nitrogen and oxygen atoms in total. The quantitative estimate of drug-likeness (QED) is 0.647. The van der Waals surface area contributed by atoms with Gasteiger partial charge in [-0.15, -0.1) is 11.3 Å². The lowest BCUT2D eigenvalue weighted by atomic mass is 10.1. The lowest BCUT2D eigenvalue weighted by molar-refractivity contribution is -0.115. The van der Waals surface area contributed by atoms with E-state index < -0.39 is 0 Å². The van der Waals surface area contributed by atoms with Crippen LogP contribution < -0.4 is 10.1 Å². The number of ether oxygens (including phenoxy) is 1. The topological polar surface area (TPSA) is 67.3 Å². The van der Waals surface area contributed by atoms with E-state index >= 15 is 0 Å². The van der Waals surface area contributed by atoms with Crippen molar-refractivity contribution in [1.82, 2.24) is 14.9 Å². The highest BCUT2D eigenvalue weighted by molar-refractivity contribution is 7.14. The molecule has 7 heteroatoms. The van der Waals surface area contributed by atoms with Crippen LogP contribution in [0.2, 0.25) is 0 Å². The van der Waals surface area contributed by atoms with Crippen molar-refractivity contribution < 1.29 is 9.53 Å². The van der Waals surface area contributed by atoms with Crippen LogP contribution in [0.25, 0.3) is 11.3 Å². The van der Waals surface area contributed by atoms with Crippen LogP contribution in [-0.2, 0) is 11.2 Å². The summed E-state index contributed by atoms with van der Waals surface area (Å²) >= 11 is 1.41. The van der Waals surface area contributed by atoms with E-state index in [2.05, 4.69) is 20.2 Å². The summed E-state index contributed by atoms with van der Waals surface area (Å²) in [5.74, 6) is 0.674. The van der Waals surface area contributed by atoms with Gasteiger partial charge in [0.25, 0.3) is 0 Å². The SMILES string of the molecule is CN(C)CCOc1cccc(CC(=O)Nc2nc(-c3ccncc3)cs2)c1. The molecule has 0 aliphatic carbocycles. The Hall–Kier alpha value is -2.77. The predicted molar refractivity (Wildman–Crippen MR) is 108 cm³/mol. The second-order valence-electron chi connectivity index (χ2n) is 6.30. The molecule has 3 aromatic rings. The molecule has 3 rings (SSSR count). The normalized spacial score (nSPS) is 10.8. The van der Waals surface area contributed by atoms with Crippen molar-refractivity contribution in [2.75, 3.05) is 32.6 Å². The Morgan fingerprint density at radius 1 is 1.22 bits per heavy atom. The third kappa shape index (κ3) is 5.87. The van der Waals surface area contributed by atoms with Crippen LogP contribution in [0.3, 0.4) is 0 Å². The standard InChI is InChI=1S/C20H22N4O2S/c1-24(2)10-11-26-17-5-3-4-15(12-17)13-19(25)23-20-22-18(14-27-20)16-6-8-21-9-7-16/h3-9,12,14H,10-11,13H2,1-2H3,(H,22,23,25). The first-order valence-corrected chi connectivity index (χ1v) is 9.50. The number of likely N-dealkylation sites (N-methyl/N-ethyl adjacent to an activating group) is 1. The molecule has 140 valence electrons. The Bertz CT molecular complexity index is 880. The number of pyridine rings is 1. The summed E-state index contributed by atoms with van der Waals surface area (Å²) in [6.45, 7) is 1.45. The lowest BCUT2D eigenvalue weighted by Crippen LogP contribution is -2.19. The third-order valence-electron chi connectivity index (χ3n) is 3.80. The Morgan fingerprint density at radius 2 is 2.04 bits per heavy atom. The van der Waals surface area contributed by atoms with Crippen LogP contribution in [0.5, 0.6) is 5.75 Å². The number of rotatable bonds is 8. The van der Waals surface area contributed by atoms with Crippen molar-refractivity contribution in [1.29, 1.82) is 0 Å². The molecule has 2 heterocycles. The predicted octanol–water partition coefficient (Wildman–Crippen LogP) is 3.33. The van der Waals surface area contributed by atoms with Gasteiger partial charge in [-0.3, -0.25) is 9.78 Å². The second-order valence-corrected chi connectivity index (χ2v) is 7.16. The number of thiazole rings is 1. The smallest absolute Gasteiger partial charge is 0.230 e. The van der Waals surface area contributed by atoms with Crippen molar-refractivity contribution in [3.8, 4) is 17.0 Å². The van der Waals surface area contributed by atoms with Gasteiger partial charge in [-0.1, -0.05) is 12.1 Å². The molecule has 0 unspecified atom stereocenters. The Kier molecular flexibility index (Phi) is 6.51. The van der Waals surface area contributed by atoms with E-state index in [9.17, 15) is 4.79 Å². The average molecular weight is 382 g/mol. The van der Waals surface area contributed by atoms with Gasteiger partial charge >= 0.3 is 0 Å². The average Bonchev–Trinajstić information content (AvgIpc) is 3.11. The van der Waals surface area contributed by atoms with Crippen LogP contribution in [0.15, 0.2) is 54.2 Å². The fourth-order valence-corrected chi connectivity index (χ4v) is 3.16. The van der Waals surface area contributed by atoms with E-state index in [0.717, 1.165) is 29.1 Å². The summed E-state index contributed by atoms with van der Waals surface area (Å²) in [7, 11) is 4.01. The minimum atomic E-state index is -0.101. The minimum Gasteiger partial charge on any atom is -0.492 e. The van der Waals surface area contributed by atoms with Gasteiger partial charge in [0.2, 0.25) is 5.91 Å². The first-order chi connectivity index (χ1) is 13.1. The van der Waals surface area contributed by atoms with Crippen LogP contribution in [0.4, 0.5) is 5.13 Å². The second kappa shape index (κ2) is 9.25. The highest BCUT2D eigenvalue weighted by Gasteiger charge is 2.09. The number of aromatic nitrogens is 2. The molecule has 0 fully saturated rings. The summed E-state index contributed by atoms with van der Waals surface area (Å²) in [6.07, 6.45) is 3.72. The summed E-state index contributed by atoms with van der Waals surface area (Å²) in [6, 6.07) is 11.4. The van der Waals surface area contributed by atoms with Gasteiger partial charge in [-0.05, 0) is 43.9 Å². The zero-order valence-electron chi connectivity index (χ0n) is 15.4. The first-order valence-electron chi connectivity index (χ1n) is 8.62. The monoisotopic (exact) mass is 382 g/mol. The van der Waals surface area contributed by atoms with Crippen LogP contribution in [-0.4, -0.2) is 48.0 Å². The van der Waals surface area contributed by atoms with Crippen molar-refractivity contribution in [3.63, 3.8) is 0 Å². The van der Waals surface area contributed by atoms with Crippen LogP contribution in [0.1, 0.15) is 5.56 Å². The largest absolute Gasteiger partial charge is 0.492 e. The summed E-state index contributed by atoms with van der Waals surface area (Å²) in [5, 5.41) is 5.37. The molecule has 27 heavy (non-hydrogen) atoms. The maximum absolute atomic E-state index is 12.3. The van der Waals surface area contributed by atoms with Crippen LogP contribution in [0, 0.1) is 0 Å². The molecule has 2 aromatic heterocycles. The number of hydrogen-bond acceptors (Lipinski definition) is 6.